The number of rotatable bonds is 1. The van der Waals surface area contributed by atoms with Gasteiger partial charge in [0.1, 0.15) is 5.60 Å². The van der Waals surface area contributed by atoms with Crippen molar-refractivity contribution in [3.05, 3.63) is 0 Å². The number of nitrogens with one attached hydrogen (secondary N) is 2. The predicted octanol–water partition coefficient (Wildman–Crippen LogP) is 1.79. The van der Waals surface area contributed by atoms with E-state index in [0.717, 1.165) is 12.8 Å². The number of hydrogen-bond donors (Lipinski definition) is 2. The molecule has 2 rings (SSSR count). The highest BCUT2D eigenvalue weighted by molar-refractivity contribution is 5.69. The summed E-state index contributed by atoms with van der Waals surface area (Å²) in [5.41, 5.74) is -0.559. The maximum Gasteiger partial charge on any atom is 0.408 e. The largest absolute Gasteiger partial charge is 0.444 e. The fourth-order valence-electron chi connectivity index (χ4n) is 2.81. The molecule has 2 bridgehead atoms. The van der Waals surface area contributed by atoms with Crippen LogP contribution in [-0.2, 0) is 4.74 Å². The number of carbonyl (C=O) groups excluding carboxylic acids is 1. The minimum atomic E-state index is -0.425. The second-order valence-electron chi connectivity index (χ2n) is 6.24. The number of amides is 1. The fraction of sp³-hybridized carbons (Fsp3) is 0.917. The van der Waals surface area contributed by atoms with Gasteiger partial charge in [-0.3, -0.25) is 0 Å². The zero-order valence-corrected chi connectivity index (χ0v) is 10.6. The molecule has 0 saturated carbocycles. The molecule has 16 heavy (non-hydrogen) atoms. The Hall–Kier alpha value is -0.770. The lowest BCUT2D eigenvalue weighted by Crippen LogP contribution is -2.54. The SMILES string of the molecule is CC(C)(C)OC(=O)NC1(C)C[C@@H]2CC[C@H]1N2. The lowest BCUT2D eigenvalue weighted by molar-refractivity contribution is 0.0448. The number of alkyl carbamates (subject to hydrolysis) is 1. The summed E-state index contributed by atoms with van der Waals surface area (Å²) in [5, 5.41) is 6.54. The zero-order valence-electron chi connectivity index (χ0n) is 10.6. The first-order chi connectivity index (χ1) is 7.28. The van der Waals surface area contributed by atoms with Crippen LogP contribution in [0.5, 0.6) is 0 Å². The van der Waals surface area contributed by atoms with Crippen molar-refractivity contribution in [1.82, 2.24) is 10.6 Å². The monoisotopic (exact) mass is 226 g/mol. The molecule has 2 heterocycles. The summed E-state index contributed by atoms with van der Waals surface area (Å²) in [6.07, 6.45) is 3.09. The molecule has 2 fully saturated rings. The van der Waals surface area contributed by atoms with E-state index in [-0.39, 0.29) is 11.6 Å². The number of hydrogen-bond acceptors (Lipinski definition) is 3. The number of carbonyl (C=O) groups is 1. The molecule has 0 aromatic rings. The molecular weight excluding hydrogens is 204 g/mol. The minimum Gasteiger partial charge on any atom is -0.444 e. The molecule has 0 spiro atoms. The summed E-state index contributed by atoms with van der Waals surface area (Å²) in [6, 6.07) is 0.981. The van der Waals surface area contributed by atoms with E-state index in [1.807, 2.05) is 20.8 Å². The summed E-state index contributed by atoms with van der Waals surface area (Å²) in [4.78, 5) is 11.7. The summed E-state index contributed by atoms with van der Waals surface area (Å²) >= 11 is 0. The molecule has 3 atom stereocenters. The highest BCUT2D eigenvalue weighted by Crippen LogP contribution is 2.36. The molecule has 0 aromatic carbocycles. The Morgan fingerprint density at radius 1 is 1.44 bits per heavy atom. The van der Waals surface area contributed by atoms with Crippen LogP contribution in [-0.4, -0.2) is 29.3 Å². The van der Waals surface area contributed by atoms with E-state index in [0.29, 0.717) is 12.1 Å². The van der Waals surface area contributed by atoms with Gasteiger partial charge in [-0.25, -0.2) is 4.79 Å². The van der Waals surface area contributed by atoms with Gasteiger partial charge in [-0.1, -0.05) is 0 Å². The van der Waals surface area contributed by atoms with Crippen LogP contribution in [0.15, 0.2) is 0 Å². The van der Waals surface area contributed by atoms with Gasteiger partial charge in [-0.2, -0.15) is 0 Å². The van der Waals surface area contributed by atoms with Crippen molar-refractivity contribution in [3.63, 3.8) is 0 Å². The van der Waals surface area contributed by atoms with Gasteiger partial charge < -0.3 is 15.4 Å². The molecule has 2 aliphatic heterocycles. The number of fused-ring (bicyclic) bond motifs is 2. The average Bonchev–Trinajstić information content (AvgIpc) is 2.57. The van der Waals surface area contributed by atoms with Crippen LogP contribution in [0.2, 0.25) is 0 Å². The molecular formula is C12H22N2O2. The second-order valence-corrected chi connectivity index (χ2v) is 6.24. The van der Waals surface area contributed by atoms with Gasteiger partial charge in [-0.15, -0.1) is 0 Å². The molecule has 0 aliphatic carbocycles. The molecule has 0 aromatic heterocycles. The lowest BCUT2D eigenvalue weighted by Gasteiger charge is -2.34. The Balaban J connectivity index is 1.92. The van der Waals surface area contributed by atoms with Crippen molar-refractivity contribution >= 4 is 6.09 Å². The second kappa shape index (κ2) is 3.62. The Bertz CT molecular complexity index is 298. The Labute approximate surface area is 97.1 Å². The van der Waals surface area contributed by atoms with E-state index in [1.165, 1.54) is 6.42 Å². The van der Waals surface area contributed by atoms with E-state index in [2.05, 4.69) is 17.6 Å². The highest BCUT2D eigenvalue weighted by Gasteiger charge is 2.48. The fourth-order valence-corrected chi connectivity index (χ4v) is 2.81. The van der Waals surface area contributed by atoms with Gasteiger partial charge in [0.15, 0.2) is 0 Å². The van der Waals surface area contributed by atoms with Crippen LogP contribution in [0, 0.1) is 0 Å². The van der Waals surface area contributed by atoms with Gasteiger partial charge in [0, 0.05) is 12.1 Å². The third-order valence-corrected chi connectivity index (χ3v) is 3.47. The molecule has 4 nitrogen and oxygen atoms in total. The Kier molecular flexibility index (Phi) is 2.65. The van der Waals surface area contributed by atoms with Gasteiger partial charge in [-0.05, 0) is 47.0 Å². The topological polar surface area (TPSA) is 50.4 Å². The quantitative estimate of drug-likeness (QED) is 0.716. The first-order valence-corrected chi connectivity index (χ1v) is 6.06. The minimum absolute atomic E-state index is 0.134. The van der Waals surface area contributed by atoms with Gasteiger partial charge in [0.2, 0.25) is 0 Å². The number of ether oxygens (including phenoxy) is 1. The molecule has 2 N–H and O–H groups in total. The predicted molar refractivity (Wildman–Crippen MR) is 62.3 cm³/mol. The molecule has 92 valence electrons. The van der Waals surface area contributed by atoms with Crippen LogP contribution in [0.3, 0.4) is 0 Å². The summed E-state index contributed by atoms with van der Waals surface area (Å²) < 4.78 is 5.29. The van der Waals surface area contributed by atoms with Crippen LogP contribution in [0.1, 0.15) is 47.0 Å². The van der Waals surface area contributed by atoms with Crippen LogP contribution >= 0.6 is 0 Å². The molecule has 2 saturated heterocycles. The van der Waals surface area contributed by atoms with Gasteiger partial charge in [0.25, 0.3) is 0 Å². The normalized spacial score (nSPS) is 37.5. The molecule has 4 heteroatoms. The first kappa shape index (κ1) is 11.7. The molecule has 0 radical (unpaired) electrons. The van der Waals surface area contributed by atoms with Crippen LogP contribution in [0.4, 0.5) is 4.79 Å². The smallest absolute Gasteiger partial charge is 0.408 e. The van der Waals surface area contributed by atoms with Crippen molar-refractivity contribution in [2.75, 3.05) is 0 Å². The molecule has 2 aliphatic rings. The van der Waals surface area contributed by atoms with Crippen LogP contribution in [0.25, 0.3) is 0 Å². The third kappa shape index (κ3) is 2.32. The Morgan fingerprint density at radius 3 is 2.56 bits per heavy atom. The Morgan fingerprint density at radius 2 is 2.12 bits per heavy atom. The highest BCUT2D eigenvalue weighted by atomic mass is 16.6. The van der Waals surface area contributed by atoms with E-state index >= 15 is 0 Å². The van der Waals surface area contributed by atoms with Gasteiger partial charge in [0.05, 0.1) is 5.54 Å². The van der Waals surface area contributed by atoms with Crippen molar-refractivity contribution in [2.24, 2.45) is 0 Å². The van der Waals surface area contributed by atoms with E-state index in [4.69, 9.17) is 4.74 Å². The van der Waals surface area contributed by atoms with Crippen molar-refractivity contribution in [2.45, 2.75) is 70.2 Å². The summed E-state index contributed by atoms with van der Waals surface area (Å²) in [6.45, 7) is 7.75. The zero-order chi connectivity index (χ0) is 12.0. The first-order valence-electron chi connectivity index (χ1n) is 6.06. The van der Waals surface area contributed by atoms with Crippen LogP contribution < -0.4 is 10.6 Å². The maximum atomic E-state index is 11.7. The standard InChI is InChI=1S/C12H22N2O2/c1-11(2,3)16-10(15)14-12(4)7-8-5-6-9(12)13-8/h8-9,13H,5-7H2,1-4H3,(H,14,15)/t8-,9+,12?/m0/s1. The average molecular weight is 226 g/mol. The summed E-state index contributed by atoms with van der Waals surface area (Å²) in [7, 11) is 0. The summed E-state index contributed by atoms with van der Waals surface area (Å²) in [5.74, 6) is 0. The van der Waals surface area contributed by atoms with Crippen molar-refractivity contribution < 1.29 is 9.53 Å². The third-order valence-electron chi connectivity index (χ3n) is 3.47. The van der Waals surface area contributed by atoms with Crippen molar-refractivity contribution in [3.8, 4) is 0 Å². The molecule has 1 amide bonds. The van der Waals surface area contributed by atoms with E-state index < -0.39 is 5.60 Å². The molecule has 1 unspecified atom stereocenters. The van der Waals surface area contributed by atoms with Crippen molar-refractivity contribution in [1.29, 1.82) is 0 Å². The van der Waals surface area contributed by atoms with E-state index in [1.54, 1.807) is 0 Å². The lowest BCUT2D eigenvalue weighted by atomic mass is 9.83. The van der Waals surface area contributed by atoms with Gasteiger partial charge >= 0.3 is 6.09 Å². The maximum absolute atomic E-state index is 11.7. The van der Waals surface area contributed by atoms with E-state index in [9.17, 15) is 4.79 Å².